The Hall–Kier alpha value is -2.93. The van der Waals surface area contributed by atoms with Crippen LogP contribution in [0.15, 0.2) is 57.8 Å². The summed E-state index contributed by atoms with van der Waals surface area (Å²) in [5, 5.41) is 8.98. The molecule has 1 unspecified atom stereocenters. The quantitative estimate of drug-likeness (QED) is 0.693. The SMILES string of the molecule is C=S(C)(=O)c1ccc(-c2oc(CC(=O)O)nc2-c2ccc(F)cc2)cc1. The van der Waals surface area contributed by atoms with E-state index in [0.29, 0.717) is 27.5 Å². The van der Waals surface area contributed by atoms with E-state index in [4.69, 9.17) is 9.52 Å². The first-order chi connectivity index (χ1) is 12.2. The Morgan fingerprint density at radius 2 is 1.73 bits per heavy atom. The highest BCUT2D eigenvalue weighted by molar-refractivity contribution is 7.99. The number of hydrogen-bond acceptors (Lipinski definition) is 4. The summed E-state index contributed by atoms with van der Waals surface area (Å²) in [7, 11) is -2.35. The number of oxazole rings is 1. The van der Waals surface area contributed by atoms with Gasteiger partial charge in [0.15, 0.2) is 5.76 Å². The number of hydrogen-bond donors (Lipinski definition) is 1. The van der Waals surface area contributed by atoms with E-state index in [1.54, 1.807) is 42.7 Å². The summed E-state index contributed by atoms with van der Waals surface area (Å²) in [5.41, 5.74) is 1.66. The van der Waals surface area contributed by atoms with Gasteiger partial charge in [0.25, 0.3) is 0 Å². The van der Waals surface area contributed by atoms with Gasteiger partial charge >= 0.3 is 5.97 Å². The van der Waals surface area contributed by atoms with Crippen molar-refractivity contribution in [2.75, 3.05) is 6.26 Å². The molecule has 0 aliphatic carbocycles. The third-order valence-electron chi connectivity index (χ3n) is 3.71. The summed E-state index contributed by atoms with van der Waals surface area (Å²) < 4.78 is 30.9. The van der Waals surface area contributed by atoms with Crippen molar-refractivity contribution in [2.24, 2.45) is 0 Å². The summed E-state index contributed by atoms with van der Waals surface area (Å²) in [4.78, 5) is 15.8. The van der Waals surface area contributed by atoms with Gasteiger partial charge in [0.2, 0.25) is 5.89 Å². The molecular weight excluding hydrogens is 357 g/mol. The van der Waals surface area contributed by atoms with Gasteiger partial charge in [-0.25, -0.2) is 9.37 Å². The number of carboxylic acid groups (broad SMARTS) is 1. The van der Waals surface area contributed by atoms with Crippen LogP contribution in [-0.4, -0.2) is 32.4 Å². The average Bonchev–Trinajstić information content (AvgIpc) is 2.98. The first kappa shape index (κ1) is 17.9. The highest BCUT2D eigenvalue weighted by atomic mass is 32.2. The smallest absolute Gasteiger partial charge is 0.312 e. The van der Waals surface area contributed by atoms with E-state index in [1.165, 1.54) is 12.1 Å². The molecule has 2 aromatic carbocycles. The lowest BCUT2D eigenvalue weighted by molar-refractivity contribution is -0.136. The zero-order chi connectivity index (χ0) is 18.9. The normalized spacial score (nSPS) is 13.3. The van der Waals surface area contributed by atoms with Crippen molar-refractivity contribution < 1.29 is 22.9 Å². The maximum Gasteiger partial charge on any atom is 0.312 e. The Labute approximate surface area is 150 Å². The maximum absolute atomic E-state index is 13.2. The zero-order valence-corrected chi connectivity index (χ0v) is 14.8. The third-order valence-corrected chi connectivity index (χ3v) is 4.98. The average molecular weight is 373 g/mol. The summed E-state index contributed by atoms with van der Waals surface area (Å²) in [6.45, 7) is 0. The molecule has 5 nitrogen and oxygen atoms in total. The van der Waals surface area contributed by atoms with E-state index in [2.05, 4.69) is 10.9 Å². The van der Waals surface area contributed by atoms with Crippen LogP contribution >= 0.6 is 0 Å². The number of benzene rings is 2. The molecule has 0 amide bonds. The lowest BCUT2D eigenvalue weighted by Crippen LogP contribution is -1.99. The van der Waals surface area contributed by atoms with E-state index in [9.17, 15) is 13.4 Å². The van der Waals surface area contributed by atoms with Gasteiger partial charge < -0.3 is 9.52 Å². The molecule has 0 aliphatic rings. The van der Waals surface area contributed by atoms with Gasteiger partial charge in [-0.2, -0.15) is 0 Å². The van der Waals surface area contributed by atoms with Gasteiger partial charge in [0.05, 0.1) is 0 Å². The Morgan fingerprint density at radius 1 is 1.15 bits per heavy atom. The lowest BCUT2D eigenvalue weighted by atomic mass is 10.1. The Balaban J connectivity index is 2.11. The summed E-state index contributed by atoms with van der Waals surface area (Å²) in [6.07, 6.45) is 1.18. The van der Waals surface area contributed by atoms with Gasteiger partial charge in [0, 0.05) is 22.3 Å². The van der Waals surface area contributed by atoms with Crippen molar-refractivity contribution in [1.82, 2.24) is 4.98 Å². The fourth-order valence-corrected chi connectivity index (χ4v) is 3.17. The standard InChI is InChI=1S/C19H16FNO4S/c1-26(2,24)15-9-5-13(6-10-15)19-18(12-3-7-14(20)8-4-12)21-16(25-19)11-17(22)23/h3-10H,1,11H2,2H3,(H,22,23). The molecule has 0 spiro atoms. The van der Waals surface area contributed by atoms with Crippen molar-refractivity contribution in [2.45, 2.75) is 11.3 Å². The molecule has 0 aliphatic heterocycles. The number of nitrogens with zero attached hydrogens (tertiary/aromatic N) is 1. The van der Waals surface area contributed by atoms with Crippen LogP contribution in [0.3, 0.4) is 0 Å². The second-order valence-corrected chi connectivity index (χ2v) is 8.37. The molecule has 26 heavy (non-hydrogen) atoms. The van der Waals surface area contributed by atoms with Gasteiger partial charge in [-0.05, 0) is 63.9 Å². The van der Waals surface area contributed by atoms with Gasteiger partial charge in [-0.1, -0.05) is 0 Å². The number of carbonyl (C=O) groups is 1. The van der Waals surface area contributed by atoms with Gasteiger partial charge in [-0.3, -0.25) is 9.00 Å². The fourth-order valence-electron chi connectivity index (χ4n) is 2.46. The van der Waals surface area contributed by atoms with Crippen LogP contribution in [0.2, 0.25) is 0 Å². The van der Waals surface area contributed by atoms with Crippen LogP contribution < -0.4 is 0 Å². The molecule has 1 heterocycles. The first-order valence-electron chi connectivity index (χ1n) is 7.64. The molecule has 134 valence electrons. The van der Waals surface area contributed by atoms with E-state index in [-0.39, 0.29) is 18.1 Å². The minimum absolute atomic E-state index is 0.0485. The van der Waals surface area contributed by atoms with Crippen LogP contribution in [0.25, 0.3) is 22.6 Å². The van der Waals surface area contributed by atoms with Gasteiger partial charge in [-0.15, -0.1) is 0 Å². The van der Waals surface area contributed by atoms with Crippen LogP contribution in [0.4, 0.5) is 4.39 Å². The summed E-state index contributed by atoms with van der Waals surface area (Å²) in [5.74, 6) is 2.60. The lowest BCUT2D eigenvalue weighted by Gasteiger charge is -2.05. The third kappa shape index (κ3) is 3.83. The molecule has 1 atom stereocenters. The molecule has 0 saturated carbocycles. The van der Waals surface area contributed by atoms with Crippen molar-refractivity contribution in [3.8, 4) is 22.6 Å². The van der Waals surface area contributed by atoms with Crippen molar-refractivity contribution in [1.29, 1.82) is 0 Å². The summed E-state index contributed by atoms with van der Waals surface area (Å²) >= 11 is 0. The van der Waals surface area contributed by atoms with Crippen LogP contribution in [0.5, 0.6) is 0 Å². The topological polar surface area (TPSA) is 80.4 Å². The summed E-state index contributed by atoms with van der Waals surface area (Å²) in [6, 6.07) is 12.5. The second-order valence-electron chi connectivity index (χ2n) is 5.89. The van der Waals surface area contributed by atoms with Crippen LogP contribution in [0, 0.1) is 5.82 Å². The zero-order valence-electron chi connectivity index (χ0n) is 13.9. The Bertz CT molecular complexity index is 1050. The number of rotatable bonds is 5. The molecule has 7 heteroatoms. The Morgan fingerprint density at radius 3 is 2.27 bits per heavy atom. The van der Waals surface area contributed by atoms with E-state index < -0.39 is 15.5 Å². The molecule has 3 aromatic rings. The highest BCUT2D eigenvalue weighted by Gasteiger charge is 2.19. The predicted octanol–water partition coefficient (Wildman–Crippen LogP) is 3.48. The minimum atomic E-state index is -2.35. The fraction of sp³-hybridized carbons (Fsp3) is 0.105. The molecule has 3 rings (SSSR count). The number of aromatic nitrogens is 1. The maximum atomic E-state index is 13.2. The molecule has 0 fully saturated rings. The monoisotopic (exact) mass is 373 g/mol. The van der Waals surface area contributed by atoms with Crippen molar-refractivity contribution in [3.05, 3.63) is 60.2 Å². The largest absolute Gasteiger partial charge is 0.481 e. The number of aliphatic carboxylic acids is 1. The van der Waals surface area contributed by atoms with Crippen molar-refractivity contribution in [3.63, 3.8) is 0 Å². The molecule has 1 aromatic heterocycles. The van der Waals surface area contributed by atoms with Gasteiger partial charge in [0.1, 0.15) is 17.9 Å². The molecule has 0 radical (unpaired) electrons. The predicted molar refractivity (Wildman–Crippen MR) is 98.1 cm³/mol. The first-order valence-corrected chi connectivity index (χ1v) is 9.78. The molecule has 0 bridgehead atoms. The Kier molecular flexibility index (Phi) is 4.65. The second kappa shape index (κ2) is 6.76. The molecule has 1 N–H and O–H groups in total. The minimum Gasteiger partial charge on any atom is -0.481 e. The van der Waals surface area contributed by atoms with E-state index in [1.807, 2.05) is 0 Å². The van der Waals surface area contributed by atoms with E-state index in [0.717, 1.165) is 0 Å². The highest BCUT2D eigenvalue weighted by Crippen LogP contribution is 2.33. The number of carboxylic acids is 1. The molecule has 0 saturated heterocycles. The van der Waals surface area contributed by atoms with E-state index >= 15 is 0 Å². The number of halogens is 1. The van der Waals surface area contributed by atoms with Crippen molar-refractivity contribution >= 4 is 21.4 Å². The van der Waals surface area contributed by atoms with Crippen LogP contribution in [-0.2, 0) is 20.7 Å². The molecular formula is C19H16FNO4S. The van der Waals surface area contributed by atoms with Crippen LogP contribution in [0.1, 0.15) is 5.89 Å².